The van der Waals surface area contributed by atoms with Gasteiger partial charge in [-0.25, -0.2) is 27.4 Å². The molecule has 0 rings (SSSR count). The molecular weight excluding hydrogens is 703 g/mol. The van der Waals surface area contributed by atoms with Crippen LogP contribution < -0.4 is 0 Å². The van der Waals surface area contributed by atoms with E-state index in [1.165, 1.54) is 0 Å². The van der Waals surface area contributed by atoms with Crippen LogP contribution in [0.25, 0.3) is 0 Å². The van der Waals surface area contributed by atoms with Crippen LogP contribution >= 0.6 is 46.9 Å². The van der Waals surface area contributed by atoms with Gasteiger partial charge in [-0.15, -0.1) is 0 Å². The van der Waals surface area contributed by atoms with E-state index < -0.39 is 46.9 Å². The van der Waals surface area contributed by atoms with Crippen LogP contribution in [0, 0.1) is 0 Å². The fourth-order valence-electron chi connectivity index (χ4n) is 0. The number of rotatable bonds is 0. The van der Waals surface area contributed by atoms with E-state index in [-0.39, 0.29) is 68.9 Å². The Labute approximate surface area is 228 Å². The molecule has 0 atom stereocenters. The molecule has 194 valence electrons. The first-order chi connectivity index (χ1) is 12.0. The van der Waals surface area contributed by atoms with Gasteiger partial charge in [-0.05, 0) is 0 Å². The molecule has 0 spiro atoms. The summed E-state index contributed by atoms with van der Waals surface area (Å²) in [5.74, 6) is 0. The molecule has 0 unspecified atom stereocenters. The van der Waals surface area contributed by atoms with Crippen LogP contribution in [-0.4, -0.2) is 157 Å². The van der Waals surface area contributed by atoms with Crippen LogP contribution in [0.3, 0.4) is 0 Å². The zero-order valence-corrected chi connectivity index (χ0v) is 18.5. The van der Waals surface area contributed by atoms with Crippen molar-refractivity contribution >= 4 is 116 Å². The van der Waals surface area contributed by atoms with E-state index in [9.17, 15) is 0 Å². The second-order valence-corrected chi connectivity index (χ2v) is 9.24. The fourth-order valence-corrected chi connectivity index (χ4v) is 0. The van der Waals surface area contributed by atoms with Crippen LogP contribution in [0.5, 0.6) is 0 Å². The maximum absolute atomic E-state index is 8.88. The fraction of sp³-hybridized carbons (Fsp3) is 0. The summed E-state index contributed by atoms with van der Waals surface area (Å²) < 4.78 is 53.3. The van der Waals surface area contributed by atoms with Crippen molar-refractivity contribution in [1.82, 2.24) is 0 Å². The van der Waals surface area contributed by atoms with Crippen LogP contribution in [0.2, 0.25) is 0 Å². The number of hydrogen-bond donors (Lipinski definition) is 18. The first kappa shape index (κ1) is 50.6. The van der Waals surface area contributed by atoms with Crippen molar-refractivity contribution in [2.24, 2.45) is 0 Å². The molecule has 0 saturated heterocycles. The summed E-state index contributed by atoms with van der Waals surface area (Å²) in [7, 11) is -27.8. The second-order valence-electron chi connectivity index (χ2n) is 3.08. The second kappa shape index (κ2) is 22.0. The Morgan fingerprint density at radius 2 is 0.226 bits per heavy atom. The van der Waals surface area contributed by atoms with Gasteiger partial charge in [0.2, 0.25) is 0 Å². The normalized spacial score (nSPS) is 11.4. The Morgan fingerprint density at radius 1 is 0.226 bits per heavy atom. The standard InChI is InChI=1S/Cs.6H3O4P.H/c;6*1-5(2,3)4;/h;6*(H3,1,2,3,4);. The van der Waals surface area contributed by atoms with Gasteiger partial charge in [0.15, 0.2) is 0 Å². The third kappa shape index (κ3) is 4200. The SMILES string of the molecule is O=P(O)(O)O.O=P(O)(O)O.O=P(O)(O)O.O=P(O)(O)O.O=P(O)(O)O.O=P(O)(O)O.[CsH]. The molecule has 0 aromatic carbocycles. The van der Waals surface area contributed by atoms with E-state index in [1.54, 1.807) is 0 Å². The predicted molar refractivity (Wildman–Crippen MR) is 92.7 cm³/mol. The van der Waals surface area contributed by atoms with Gasteiger partial charge in [-0.2, -0.15) is 0 Å². The topological polar surface area (TPSA) is 467 Å². The van der Waals surface area contributed by atoms with E-state index in [2.05, 4.69) is 0 Å². The van der Waals surface area contributed by atoms with Crippen molar-refractivity contribution in [3.8, 4) is 0 Å². The van der Waals surface area contributed by atoms with Gasteiger partial charge in [0.1, 0.15) is 0 Å². The van der Waals surface area contributed by atoms with Crippen molar-refractivity contribution in [1.29, 1.82) is 0 Å². The Morgan fingerprint density at radius 3 is 0.226 bits per heavy atom. The van der Waals surface area contributed by atoms with Crippen molar-refractivity contribution < 1.29 is 115 Å². The maximum atomic E-state index is 8.88. The summed E-state index contributed by atoms with van der Waals surface area (Å²) in [5, 5.41) is 0. The molecule has 0 heterocycles. The van der Waals surface area contributed by atoms with Crippen LogP contribution in [0.1, 0.15) is 0 Å². The first-order valence-electron chi connectivity index (χ1n) is 4.70. The monoisotopic (exact) mass is 722 g/mol. The van der Waals surface area contributed by atoms with E-state index in [0.717, 1.165) is 0 Å². The number of phosphoric acid groups is 6. The molecule has 0 saturated carbocycles. The summed E-state index contributed by atoms with van der Waals surface area (Å²) in [4.78, 5) is 129. The van der Waals surface area contributed by atoms with Gasteiger partial charge in [0.25, 0.3) is 0 Å². The van der Waals surface area contributed by atoms with Crippen LogP contribution in [0.4, 0.5) is 0 Å². The van der Waals surface area contributed by atoms with Gasteiger partial charge in [0, 0.05) is 0 Å². The molecule has 31 heteroatoms. The van der Waals surface area contributed by atoms with Crippen LogP contribution in [-0.2, 0) is 27.4 Å². The zero-order chi connectivity index (χ0) is 27.0. The quantitative estimate of drug-likeness (QED) is 0.103. The molecule has 18 N–H and O–H groups in total. The Balaban J connectivity index is -0.0000000443. The summed E-state index contributed by atoms with van der Waals surface area (Å²) in [5.41, 5.74) is 0. The van der Waals surface area contributed by atoms with Gasteiger partial charge in [0.05, 0.1) is 0 Å². The van der Waals surface area contributed by atoms with Crippen molar-refractivity contribution in [3.63, 3.8) is 0 Å². The molecular formula is H19CsO24P6. The Bertz CT molecular complexity index is 460. The minimum atomic E-state index is -4.64. The zero-order valence-electron chi connectivity index (χ0n) is 13.2. The average Bonchev–Trinajstić information content (AvgIpc) is 1.94. The molecule has 0 aromatic rings. The average molecular weight is 722 g/mol. The van der Waals surface area contributed by atoms with E-state index in [4.69, 9.17) is 115 Å². The summed E-state index contributed by atoms with van der Waals surface area (Å²) >= 11 is 0. The molecule has 0 bridgehead atoms. The summed E-state index contributed by atoms with van der Waals surface area (Å²) in [6.45, 7) is 0. The van der Waals surface area contributed by atoms with Gasteiger partial charge < -0.3 is 88.1 Å². The molecule has 0 aliphatic heterocycles. The van der Waals surface area contributed by atoms with E-state index >= 15 is 0 Å². The van der Waals surface area contributed by atoms with Crippen molar-refractivity contribution in [3.05, 3.63) is 0 Å². The summed E-state index contributed by atoms with van der Waals surface area (Å²) in [6.07, 6.45) is 0. The third-order valence-electron chi connectivity index (χ3n) is 0. The van der Waals surface area contributed by atoms with Gasteiger partial charge in [-0.3, -0.25) is 0 Å². The minimum absolute atomic E-state index is 0. The molecule has 24 nitrogen and oxygen atoms in total. The third-order valence-corrected chi connectivity index (χ3v) is 0. The van der Waals surface area contributed by atoms with Crippen LogP contribution in [0.15, 0.2) is 0 Å². The molecule has 0 aromatic heterocycles. The van der Waals surface area contributed by atoms with E-state index in [1.807, 2.05) is 0 Å². The molecule has 0 amide bonds. The van der Waals surface area contributed by atoms with Gasteiger partial charge in [-0.1, -0.05) is 0 Å². The molecule has 0 aliphatic carbocycles. The Kier molecular flexibility index (Phi) is 35.8. The summed E-state index contributed by atoms with van der Waals surface area (Å²) in [6, 6.07) is 0. The molecule has 0 aliphatic rings. The first-order valence-corrected chi connectivity index (χ1v) is 14.1. The Hall–Kier alpha value is 2.71. The molecule has 31 heavy (non-hydrogen) atoms. The van der Waals surface area contributed by atoms with Crippen molar-refractivity contribution in [2.75, 3.05) is 0 Å². The van der Waals surface area contributed by atoms with Gasteiger partial charge >= 0.3 is 116 Å². The van der Waals surface area contributed by atoms with Crippen molar-refractivity contribution in [2.45, 2.75) is 0 Å². The van der Waals surface area contributed by atoms with E-state index in [0.29, 0.717) is 0 Å². The molecule has 0 radical (unpaired) electrons. The number of hydrogen-bond acceptors (Lipinski definition) is 6. The molecule has 0 fully saturated rings. The predicted octanol–water partition coefficient (Wildman–Crippen LogP) is -6.22.